The molecular weight excluding hydrogens is 342 g/mol. The topological polar surface area (TPSA) is 63.5 Å². The molecule has 2 aromatic carbocycles. The van der Waals surface area contributed by atoms with Crippen molar-refractivity contribution >= 4 is 11.6 Å². The number of benzene rings is 2. The molecule has 0 saturated carbocycles. The highest BCUT2D eigenvalue weighted by Gasteiger charge is 2.24. The minimum absolute atomic E-state index is 0.0810. The molecule has 1 amide bonds. The summed E-state index contributed by atoms with van der Waals surface area (Å²) >= 11 is 0. The summed E-state index contributed by atoms with van der Waals surface area (Å²) in [6.45, 7) is 2.83. The van der Waals surface area contributed by atoms with E-state index in [1.807, 2.05) is 53.4 Å². The van der Waals surface area contributed by atoms with Crippen molar-refractivity contribution < 1.29 is 9.53 Å². The molecule has 0 radical (unpaired) electrons. The zero-order chi connectivity index (χ0) is 18.6. The van der Waals surface area contributed by atoms with Gasteiger partial charge in [-0.05, 0) is 24.3 Å². The molecule has 1 aromatic heterocycles. The fourth-order valence-electron chi connectivity index (χ4n) is 3.18. The molecule has 27 heavy (non-hydrogen) atoms. The van der Waals surface area contributed by atoms with Crippen LogP contribution in [0.5, 0.6) is 5.75 Å². The van der Waals surface area contributed by atoms with Crippen LogP contribution in [-0.2, 0) is 0 Å². The van der Waals surface area contributed by atoms with Crippen molar-refractivity contribution in [2.24, 2.45) is 0 Å². The van der Waals surface area contributed by atoms with Gasteiger partial charge in [-0.25, -0.2) is 0 Å². The molecule has 3 aromatic rings. The molecule has 0 unspecified atom stereocenters. The van der Waals surface area contributed by atoms with Gasteiger partial charge in [-0.3, -0.25) is 4.79 Å². The van der Waals surface area contributed by atoms with Crippen LogP contribution in [0.25, 0.3) is 5.69 Å². The van der Waals surface area contributed by atoms with Gasteiger partial charge in [0.25, 0.3) is 5.91 Å². The number of aromatic nitrogens is 3. The number of anilines is 1. The summed E-state index contributed by atoms with van der Waals surface area (Å²) in [5.74, 6) is 0.756. The fraction of sp³-hybridized carbons (Fsp3) is 0.250. The second-order valence-corrected chi connectivity index (χ2v) is 6.34. The van der Waals surface area contributed by atoms with Gasteiger partial charge in [-0.15, -0.1) is 5.10 Å². The van der Waals surface area contributed by atoms with E-state index in [1.165, 1.54) is 11.0 Å². The Balaban J connectivity index is 1.41. The summed E-state index contributed by atoms with van der Waals surface area (Å²) in [5.41, 5.74) is 2.31. The molecule has 0 N–H and O–H groups in total. The third-order valence-corrected chi connectivity index (χ3v) is 4.68. The van der Waals surface area contributed by atoms with Crippen LogP contribution in [-0.4, -0.2) is 59.1 Å². The Hall–Kier alpha value is -3.35. The standard InChI is InChI=1S/C20H21N5O2/c1-27-18-9-5-8-17(14-18)23-10-12-24(13-11-23)20(26)19-15-21-25(22-19)16-6-3-2-4-7-16/h2-9,14-15H,10-13H2,1H3. The van der Waals surface area contributed by atoms with Gasteiger partial charge < -0.3 is 14.5 Å². The molecule has 7 heteroatoms. The van der Waals surface area contributed by atoms with Crippen LogP contribution < -0.4 is 9.64 Å². The number of rotatable bonds is 4. The second-order valence-electron chi connectivity index (χ2n) is 6.34. The van der Waals surface area contributed by atoms with Gasteiger partial charge in [0, 0.05) is 37.9 Å². The minimum atomic E-state index is -0.0810. The molecule has 2 heterocycles. The lowest BCUT2D eigenvalue weighted by Gasteiger charge is -2.35. The number of carbonyl (C=O) groups excluding carboxylic acids is 1. The average Bonchev–Trinajstić information content (AvgIpc) is 3.24. The van der Waals surface area contributed by atoms with Crippen molar-refractivity contribution in [3.8, 4) is 11.4 Å². The molecule has 0 aliphatic carbocycles. The van der Waals surface area contributed by atoms with Gasteiger partial charge >= 0.3 is 0 Å². The zero-order valence-electron chi connectivity index (χ0n) is 15.2. The second kappa shape index (κ2) is 7.49. The number of para-hydroxylation sites is 1. The smallest absolute Gasteiger partial charge is 0.276 e. The number of nitrogens with zero attached hydrogens (tertiary/aromatic N) is 5. The highest BCUT2D eigenvalue weighted by molar-refractivity contribution is 5.92. The summed E-state index contributed by atoms with van der Waals surface area (Å²) < 4.78 is 5.29. The van der Waals surface area contributed by atoms with Gasteiger partial charge in [-0.1, -0.05) is 24.3 Å². The molecule has 4 rings (SSSR count). The van der Waals surface area contributed by atoms with Gasteiger partial charge in [0.05, 0.1) is 19.0 Å². The number of carbonyl (C=O) groups is 1. The van der Waals surface area contributed by atoms with Crippen molar-refractivity contribution in [2.75, 3.05) is 38.2 Å². The molecule has 1 aliphatic rings. The summed E-state index contributed by atoms with van der Waals surface area (Å²) in [6.07, 6.45) is 1.53. The number of piperazine rings is 1. The lowest BCUT2D eigenvalue weighted by Crippen LogP contribution is -2.48. The number of ether oxygens (including phenoxy) is 1. The Labute approximate surface area is 157 Å². The van der Waals surface area contributed by atoms with Gasteiger partial charge in [0.1, 0.15) is 5.75 Å². The minimum Gasteiger partial charge on any atom is -0.497 e. The Kier molecular flexibility index (Phi) is 4.74. The van der Waals surface area contributed by atoms with Crippen LogP contribution in [0, 0.1) is 0 Å². The third kappa shape index (κ3) is 3.62. The molecule has 1 fully saturated rings. The van der Waals surface area contributed by atoms with Gasteiger partial charge in [-0.2, -0.15) is 9.90 Å². The van der Waals surface area contributed by atoms with Crippen LogP contribution in [0.2, 0.25) is 0 Å². The van der Waals surface area contributed by atoms with E-state index >= 15 is 0 Å². The molecular formula is C20H21N5O2. The summed E-state index contributed by atoms with van der Waals surface area (Å²) in [4.78, 5) is 18.3. The number of hydrogen-bond donors (Lipinski definition) is 0. The highest BCUT2D eigenvalue weighted by Crippen LogP contribution is 2.22. The molecule has 0 atom stereocenters. The first kappa shape index (κ1) is 17.1. The van der Waals surface area contributed by atoms with Crippen molar-refractivity contribution in [3.05, 3.63) is 66.5 Å². The van der Waals surface area contributed by atoms with Crippen LogP contribution >= 0.6 is 0 Å². The SMILES string of the molecule is COc1cccc(N2CCN(C(=O)c3cnn(-c4ccccc4)n3)CC2)c1. The summed E-state index contributed by atoms with van der Waals surface area (Å²) in [7, 11) is 1.67. The Morgan fingerprint density at radius 3 is 2.44 bits per heavy atom. The lowest BCUT2D eigenvalue weighted by atomic mass is 10.2. The first-order valence-corrected chi connectivity index (χ1v) is 8.90. The Morgan fingerprint density at radius 2 is 1.70 bits per heavy atom. The molecule has 1 aliphatic heterocycles. The van der Waals surface area contributed by atoms with Crippen LogP contribution in [0.15, 0.2) is 60.8 Å². The molecule has 138 valence electrons. The first-order chi connectivity index (χ1) is 13.2. The largest absolute Gasteiger partial charge is 0.497 e. The summed E-state index contributed by atoms with van der Waals surface area (Å²) in [5, 5.41) is 8.56. The van der Waals surface area contributed by atoms with Crippen LogP contribution in [0.3, 0.4) is 0 Å². The van der Waals surface area contributed by atoms with Gasteiger partial charge in [0.15, 0.2) is 5.69 Å². The first-order valence-electron chi connectivity index (χ1n) is 8.90. The molecule has 0 spiro atoms. The van der Waals surface area contributed by atoms with E-state index in [4.69, 9.17) is 4.74 Å². The van der Waals surface area contributed by atoms with E-state index < -0.39 is 0 Å². The molecule has 7 nitrogen and oxygen atoms in total. The third-order valence-electron chi connectivity index (χ3n) is 4.68. The molecule has 0 bridgehead atoms. The molecule has 1 saturated heterocycles. The van der Waals surface area contributed by atoms with E-state index in [-0.39, 0.29) is 5.91 Å². The Morgan fingerprint density at radius 1 is 0.963 bits per heavy atom. The van der Waals surface area contributed by atoms with E-state index in [9.17, 15) is 4.79 Å². The fourth-order valence-corrected chi connectivity index (χ4v) is 3.18. The number of methoxy groups -OCH3 is 1. The van der Waals surface area contributed by atoms with E-state index in [0.29, 0.717) is 18.8 Å². The summed E-state index contributed by atoms with van der Waals surface area (Å²) in [6, 6.07) is 17.6. The van der Waals surface area contributed by atoms with Crippen LogP contribution in [0.1, 0.15) is 10.5 Å². The van der Waals surface area contributed by atoms with Crippen molar-refractivity contribution in [2.45, 2.75) is 0 Å². The average molecular weight is 363 g/mol. The maximum absolute atomic E-state index is 12.8. The normalized spacial score (nSPS) is 14.3. The zero-order valence-corrected chi connectivity index (χ0v) is 15.2. The van der Waals surface area contributed by atoms with E-state index in [1.54, 1.807) is 7.11 Å². The predicted molar refractivity (Wildman–Crippen MR) is 102 cm³/mol. The van der Waals surface area contributed by atoms with E-state index in [2.05, 4.69) is 21.2 Å². The maximum atomic E-state index is 12.8. The van der Waals surface area contributed by atoms with Crippen LogP contribution in [0.4, 0.5) is 5.69 Å². The quantitative estimate of drug-likeness (QED) is 0.711. The Bertz CT molecular complexity index is 917. The van der Waals surface area contributed by atoms with E-state index in [0.717, 1.165) is 30.2 Å². The monoisotopic (exact) mass is 363 g/mol. The predicted octanol–water partition coefficient (Wildman–Crippen LogP) is 2.24. The van der Waals surface area contributed by atoms with Gasteiger partial charge in [0.2, 0.25) is 0 Å². The lowest BCUT2D eigenvalue weighted by molar-refractivity contribution is 0.0740. The number of hydrogen-bond acceptors (Lipinski definition) is 5. The maximum Gasteiger partial charge on any atom is 0.276 e. The van der Waals surface area contributed by atoms with Crippen molar-refractivity contribution in [1.82, 2.24) is 19.9 Å². The highest BCUT2D eigenvalue weighted by atomic mass is 16.5. The number of amides is 1. The van der Waals surface area contributed by atoms with Crippen molar-refractivity contribution in [1.29, 1.82) is 0 Å². The van der Waals surface area contributed by atoms with Crippen molar-refractivity contribution in [3.63, 3.8) is 0 Å².